The summed E-state index contributed by atoms with van der Waals surface area (Å²) in [5.74, 6) is 0.746. The van der Waals surface area contributed by atoms with Crippen LogP contribution in [0.2, 0.25) is 0 Å². The van der Waals surface area contributed by atoms with E-state index in [1.54, 1.807) is 23.9 Å². The Balaban J connectivity index is 2.23. The van der Waals surface area contributed by atoms with Gasteiger partial charge in [0, 0.05) is 15.3 Å². The summed E-state index contributed by atoms with van der Waals surface area (Å²) in [6.45, 7) is 0. The monoisotopic (exact) mass is 290 g/mol. The summed E-state index contributed by atoms with van der Waals surface area (Å²) in [4.78, 5) is 0. The molecule has 1 nitrogen and oxygen atoms in total. The summed E-state index contributed by atoms with van der Waals surface area (Å²) in [5.41, 5.74) is 0.406. The predicted molar refractivity (Wildman–Crippen MR) is 64.5 cm³/mol. The van der Waals surface area contributed by atoms with E-state index in [0.29, 0.717) is 5.56 Å². The normalized spacial score (nSPS) is 23.0. The molecule has 1 aliphatic rings. The highest BCUT2D eigenvalue weighted by Crippen LogP contribution is 2.37. The fourth-order valence-electron chi connectivity index (χ4n) is 1.79. The molecule has 0 amide bonds. The second-order valence-electron chi connectivity index (χ2n) is 3.66. The van der Waals surface area contributed by atoms with Crippen LogP contribution in [-0.4, -0.2) is 16.1 Å². The van der Waals surface area contributed by atoms with Crippen molar-refractivity contribution >= 4 is 27.7 Å². The minimum Gasteiger partial charge on any atom is -0.387 e. The maximum atomic E-state index is 13.5. The van der Waals surface area contributed by atoms with E-state index in [-0.39, 0.29) is 11.1 Å². The van der Waals surface area contributed by atoms with E-state index in [4.69, 9.17) is 0 Å². The second kappa shape index (κ2) is 4.85. The molecule has 0 radical (unpaired) electrons. The molecule has 2 rings (SSSR count). The zero-order chi connectivity index (χ0) is 10.8. The molecule has 0 saturated carbocycles. The third-order valence-corrected chi connectivity index (χ3v) is 4.53. The zero-order valence-corrected chi connectivity index (χ0v) is 10.5. The van der Waals surface area contributed by atoms with Crippen molar-refractivity contribution in [2.24, 2.45) is 0 Å². The summed E-state index contributed by atoms with van der Waals surface area (Å²) in [5, 5.41) is 10.2. The quantitative estimate of drug-likeness (QED) is 0.899. The summed E-state index contributed by atoms with van der Waals surface area (Å²) < 4.78 is 14.3. The smallest absolute Gasteiger partial charge is 0.129 e. The third-order valence-electron chi connectivity index (χ3n) is 2.59. The maximum Gasteiger partial charge on any atom is 0.129 e. The first-order chi connectivity index (χ1) is 7.18. The Morgan fingerprint density at radius 1 is 1.53 bits per heavy atom. The van der Waals surface area contributed by atoms with Crippen LogP contribution >= 0.6 is 27.7 Å². The number of thioether (sulfide) groups is 1. The van der Waals surface area contributed by atoms with E-state index >= 15 is 0 Å². The topological polar surface area (TPSA) is 20.2 Å². The van der Waals surface area contributed by atoms with Crippen LogP contribution in [0.15, 0.2) is 22.7 Å². The largest absolute Gasteiger partial charge is 0.387 e. The van der Waals surface area contributed by atoms with Gasteiger partial charge in [-0.05, 0) is 36.8 Å². The van der Waals surface area contributed by atoms with Crippen molar-refractivity contribution in [3.05, 3.63) is 34.1 Å². The first-order valence-corrected chi connectivity index (χ1v) is 6.77. The van der Waals surface area contributed by atoms with E-state index in [2.05, 4.69) is 15.9 Å². The van der Waals surface area contributed by atoms with E-state index < -0.39 is 6.10 Å². The summed E-state index contributed by atoms with van der Waals surface area (Å²) in [6.07, 6.45) is 1.40. The molecule has 82 valence electrons. The molecule has 4 heteroatoms. The number of halogens is 2. The molecule has 1 N–H and O–H groups in total. The lowest BCUT2D eigenvalue weighted by atomic mass is 10.0. The van der Waals surface area contributed by atoms with Gasteiger partial charge in [-0.3, -0.25) is 0 Å². The van der Waals surface area contributed by atoms with Crippen molar-refractivity contribution in [2.75, 3.05) is 5.75 Å². The van der Waals surface area contributed by atoms with Crippen molar-refractivity contribution in [2.45, 2.75) is 24.2 Å². The average molecular weight is 291 g/mol. The van der Waals surface area contributed by atoms with Crippen molar-refractivity contribution in [1.29, 1.82) is 0 Å². The highest BCUT2D eigenvalue weighted by atomic mass is 79.9. The first-order valence-electron chi connectivity index (χ1n) is 4.93. The van der Waals surface area contributed by atoms with Gasteiger partial charge in [0.25, 0.3) is 0 Å². The highest BCUT2D eigenvalue weighted by molar-refractivity contribution is 9.10. The molecule has 1 aromatic rings. The minimum absolute atomic E-state index is 0.147. The number of rotatable bonds is 2. The van der Waals surface area contributed by atoms with Crippen molar-refractivity contribution in [3.63, 3.8) is 0 Å². The average Bonchev–Trinajstić information content (AvgIpc) is 2.74. The Hall–Kier alpha value is -0.0600. The van der Waals surface area contributed by atoms with Gasteiger partial charge in [-0.15, -0.1) is 0 Å². The molecule has 2 atom stereocenters. The lowest BCUT2D eigenvalue weighted by molar-refractivity contribution is 0.168. The first kappa shape index (κ1) is 11.4. The molecule has 0 spiro atoms. The Labute approximate surface area is 101 Å². The molecule has 1 heterocycles. The van der Waals surface area contributed by atoms with Crippen LogP contribution in [0.1, 0.15) is 24.5 Å². The Bertz CT molecular complexity index is 352. The van der Waals surface area contributed by atoms with Crippen molar-refractivity contribution in [1.82, 2.24) is 0 Å². The van der Waals surface area contributed by atoms with E-state index in [1.165, 1.54) is 6.07 Å². The molecule has 0 aromatic heterocycles. The molecule has 0 bridgehead atoms. The second-order valence-corrected chi connectivity index (χ2v) is 5.92. The molecule has 1 aromatic carbocycles. The fourth-order valence-corrected chi connectivity index (χ4v) is 3.47. The number of hydrogen-bond acceptors (Lipinski definition) is 2. The van der Waals surface area contributed by atoms with Crippen LogP contribution in [0.4, 0.5) is 4.39 Å². The van der Waals surface area contributed by atoms with Crippen LogP contribution in [-0.2, 0) is 0 Å². The van der Waals surface area contributed by atoms with Crippen LogP contribution in [0.5, 0.6) is 0 Å². The van der Waals surface area contributed by atoms with Gasteiger partial charge in [0.1, 0.15) is 5.82 Å². The van der Waals surface area contributed by atoms with E-state index in [0.717, 1.165) is 23.1 Å². The highest BCUT2D eigenvalue weighted by Gasteiger charge is 2.27. The Morgan fingerprint density at radius 2 is 2.33 bits per heavy atom. The number of aliphatic hydroxyl groups excluding tert-OH is 1. The van der Waals surface area contributed by atoms with E-state index in [9.17, 15) is 9.50 Å². The number of hydrogen-bond donors (Lipinski definition) is 1. The van der Waals surface area contributed by atoms with Gasteiger partial charge in [0.15, 0.2) is 0 Å². The molecular formula is C11H12BrFOS. The van der Waals surface area contributed by atoms with Gasteiger partial charge in [-0.25, -0.2) is 4.39 Å². The third kappa shape index (κ3) is 2.55. The summed E-state index contributed by atoms with van der Waals surface area (Å²) >= 11 is 5.02. The van der Waals surface area contributed by atoms with Gasteiger partial charge in [0.05, 0.1) is 6.10 Å². The van der Waals surface area contributed by atoms with Gasteiger partial charge in [-0.1, -0.05) is 15.9 Å². The molecule has 1 aliphatic heterocycles. The standard InChI is InChI=1S/C11H12BrFOS/c12-7-3-4-9(13)8(6-7)11(14)10-2-1-5-15-10/h3-4,6,10-11,14H,1-2,5H2. The van der Waals surface area contributed by atoms with Crippen LogP contribution in [0, 0.1) is 5.82 Å². The molecular weight excluding hydrogens is 279 g/mol. The van der Waals surface area contributed by atoms with Gasteiger partial charge in [0.2, 0.25) is 0 Å². The van der Waals surface area contributed by atoms with Crippen LogP contribution in [0.3, 0.4) is 0 Å². The van der Waals surface area contributed by atoms with Crippen LogP contribution < -0.4 is 0 Å². The summed E-state index contributed by atoms with van der Waals surface area (Å²) in [6, 6.07) is 4.70. The zero-order valence-electron chi connectivity index (χ0n) is 8.12. The lowest BCUT2D eigenvalue weighted by Gasteiger charge is -2.18. The molecule has 0 aliphatic carbocycles. The van der Waals surface area contributed by atoms with Crippen LogP contribution in [0.25, 0.3) is 0 Å². The Morgan fingerprint density at radius 3 is 3.00 bits per heavy atom. The van der Waals surface area contributed by atoms with Gasteiger partial charge >= 0.3 is 0 Å². The molecule has 2 unspecified atom stereocenters. The number of benzene rings is 1. The minimum atomic E-state index is -0.685. The van der Waals surface area contributed by atoms with E-state index in [1.807, 2.05) is 0 Å². The van der Waals surface area contributed by atoms with Crippen molar-refractivity contribution < 1.29 is 9.50 Å². The van der Waals surface area contributed by atoms with Crippen molar-refractivity contribution in [3.8, 4) is 0 Å². The molecule has 1 saturated heterocycles. The Kier molecular flexibility index (Phi) is 3.69. The summed E-state index contributed by atoms with van der Waals surface area (Å²) in [7, 11) is 0. The number of aliphatic hydroxyl groups is 1. The van der Waals surface area contributed by atoms with Gasteiger partial charge in [-0.2, -0.15) is 11.8 Å². The fraction of sp³-hybridized carbons (Fsp3) is 0.455. The molecule has 1 fully saturated rings. The molecule has 15 heavy (non-hydrogen) atoms. The lowest BCUT2D eigenvalue weighted by Crippen LogP contribution is -2.13. The SMILES string of the molecule is OC(c1cc(Br)ccc1F)C1CCCS1. The predicted octanol–water partition coefficient (Wildman–Crippen LogP) is 3.52. The van der Waals surface area contributed by atoms with Gasteiger partial charge < -0.3 is 5.11 Å². The maximum absolute atomic E-state index is 13.5.